The largest absolute Gasteiger partial charge is 0.444 e. The Labute approximate surface area is 191 Å². The van der Waals surface area contributed by atoms with Gasteiger partial charge >= 0.3 is 6.09 Å². The van der Waals surface area contributed by atoms with Crippen molar-refractivity contribution in [1.29, 1.82) is 0 Å². The second kappa shape index (κ2) is 9.71. The molecule has 0 unspecified atom stereocenters. The van der Waals surface area contributed by atoms with Gasteiger partial charge in [-0.1, -0.05) is 6.07 Å². The van der Waals surface area contributed by atoms with Crippen molar-refractivity contribution in [2.24, 2.45) is 0 Å². The molecule has 2 fully saturated rings. The Morgan fingerprint density at radius 3 is 2.62 bits per heavy atom. The van der Waals surface area contributed by atoms with Crippen LogP contribution in [0.15, 0.2) is 24.4 Å². The van der Waals surface area contributed by atoms with Crippen molar-refractivity contribution in [3.8, 4) is 0 Å². The van der Waals surface area contributed by atoms with Gasteiger partial charge in [-0.2, -0.15) is 0 Å². The first-order valence-corrected chi connectivity index (χ1v) is 11.8. The van der Waals surface area contributed by atoms with Crippen molar-refractivity contribution in [2.75, 3.05) is 44.9 Å². The Balaban J connectivity index is 1.70. The number of aromatic nitrogens is 1. The predicted octanol–water partition coefficient (Wildman–Crippen LogP) is 4.41. The number of anilines is 1. The van der Waals surface area contributed by atoms with Crippen LogP contribution in [-0.2, 0) is 27.3 Å². The van der Waals surface area contributed by atoms with E-state index in [1.165, 1.54) is 22.2 Å². The number of hydrogen-bond acceptors (Lipinski definition) is 5. The number of amides is 1. The highest BCUT2D eigenvalue weighted by Crippen LogP contribution is 2.36. The molecule has 2 aliphatic rings. The fourth-order valence-corrected chi connectivity index (χ4v) is 4.40. The molecule has 1 aromatic heterocycles. The highest BCUT2D eigenvalue weighted by molar-refractivity contribution is 5.96. The van der Waals surface area contributed by atoms with Crippen molar-refractivity contribution in [1.82, 2.24) is 9.47 Å². The van der Waals surface area contributed by atoms with Crippen LogP contribution in [0.4, 0.5) is 10.5 Å². The SMILES string of the molecule is COCCCn1cc(CN(C(=O)OC(C)(C)C)C2CC2)c2c(N3CCOCC3)cccc21. The molecule has 176 valence electrons. The number of hydrogen-bond donors (Lipinski definition) is 0. The van der Waals surface area contributed by atoms with E-state index in [-0.39, 0.29) is 12.1 Å². The second-order valence-corrected chi connectivity index (χ2v) is 9.80. The summed E-state index contributed by atoms with van der Waals surface area (Å²) in [5, 5.41) is 1.24. The van der Waals surface area contributed by atoms with Crippen LogP contribution in [0.5, 0.6) is 0 Å². The van der Waals surface area contributed by atoms with E-state index < -0.39 is 5.60 Å². The minimum atomic E-state index is -0.503. The van der Waals surface area contributed by atoms with Gasteiger partial charge in [0.2, 0.25) is 0 Å². The standard InChI is InChI=1S/C25H37N3O4/c1-25(2,3)32-24(29)28(20-9-10-20)18-19-17-27(11-6-14-30-4)22-8-5-7-21(23(19)22)26-12-15-31-16-13-26/h5,7-8,17,20H,6,9-16,18H2,1-4H3. The first-order valence-electron chi connectivity index (χ1n) is 11.8. The maximum Gasteiger partial charge on any atom is 0.410 e. The summed E-state index contributed by atoms with van der Waals surface area (Å²) >= 11 is 0. The first kappa shape index (κ1) is 22.9. The molecule has 1 saturated heterocycles. The van der Waals surface area contributed by atoms with Gasteiger partial charge in [0.05, 0.1) is 25.3 Å². The van der Waals surface area contributed by atoms with Crippen molar-refractivity contribution >= 4 is 22.7 Å². The summed E-state index contributed by atoms with van der Waals surface area (Å²) in [5.74, 6) is 0. The molecule has 0 spiro atoms. The van der Waals surface area contributed by atoms with Crippen LogP contribution in [0.1, 0.15) is 45.6 Å². The van der Waals surface area contributed by atoms with Crippen molar-refractivity contribution in [2.45, 2.75) is 64.8 Å². The molecule has 1 saturated carbocycles. The monoisotopic (exact) mass is 443 g/mol. The number of carbonyl (C=O) groups is 1. The number of methoxy groups -OCH3 is 1. The van der Waals surface area contributed by atoms with E-state index in [0.717, 1.165) is 58.7 Å². The van der Waals surface area contributed by atoms with Gasteiger partial charge in [-0.05, 0) is 57.7 Å². The lowest BCUT2D eigenvalue weighted by atomic mass is 10.1. The van der Waals surface area contributed by atoms with Gasteiger partial charge in [0.25, 0.3) is 0 Å². The lowest BCUT2D eigenvalue weighted by Crippen LogP contribution is -2.38. The van der Waals surface area contributed by atoms with Crippen LogP contribution in [-0.4, -0.2) is 67.2 Å². The maximum absolute atomic E-state index is 13.0. The molecular weight excluding hydrogens is 406 g/mol. The Hall–Kier alpha value is -2.25. The summed E-state index contributed by atoms with van der Waals surface area (Å²) in [6, 6.07) is 6.79. The summed E-state index contributed by atoms with van der Waals surface area (Å²) in [7, 11) is 1.74. The normalized spacial score (nSPS) is 17.1. The molecule has 1 aliphatic heterocycles. The molecular formula is C25H37N3O4. The topological polar surface area (TPSA) is 56.2 Å². The Morgan fingerprint density at radius 1 is 1.22 bits per heavy atom. The van der Waals surface area contributed by atoms with E-state index in [0.29, 0.717) is 6.54 Å². The van der Waals surface area contributed by atoms with Gasteiger partial charge in [-0.3, -0.25) is 0 Å². The average molecular weight is 444 g/mol. The Morgan fingerprint density at radius 2 is 1.97 bits per heavy atom. The van der Waals surface area contributed by atoms with Gasteiger partial charge in [-0.25, -0.2) is 4.79 Å². The van der Waals surface area contributed by atoms with Crippen LogP contribution in [0.3, 0.4) is 0 Å². The number of nitrogens with zero attached hydrogens (tertiary/aromatic N) is 3. The Kier molecular flexibility index (Phi) is 6.96. The average Bonchev–Trinajstić information content (AvgIpc) is 3.54. The quantitative estimate of drug-likeness (QED) is 0.566. The third-order valence-corrected chi connectivity index (χ3v) is 6.02. The van der Waals surface area contributed by atoms with E-state index in [2.05, 4.69) is 33.9 Å². The van der Waals surface area contributed by atoms with Crippen molar-refractivity contribution in [3.63, 3.8) is 0 Å². The number of morpholine rings is 1. The van der Waals surface area contributed by atoms with Gasteiger partial charge in [0.1, 0.15) is 5.60 Å². The molecule has 7 heteroatoms. The van der Waals surface area contributed by atoms with Crippen LogP contribution >= 0.6 is 0 Å². The van der Waals surface area contributed by atoms with Crippen molar-refractivity contribution < 1.29 is 19.0 Å². The molecule has 2 heterocycles. The van der Waals surface area contributed by atoms with Crippen LogP contribution < -0.4 is 4.90 Å². The van der Waals surface area contributed by atoms with E-state index in [9.17, 15) is 4.79 Å². The number of aryl methyl sites for hydroxylation is 1. The van der Waals surface area contributed by atoms with Crippen LogP contribution in [0.2, 0.25) is 0 Å². The summed E-state index contributed by atoms with van der Waals surface area (Å²) < 4.78 is 18.9. The number of rotatable bonds is 8. The number of ether oxygens (including phenoxy) is 3. The fourth-order valence-electron chi connectivity index (χ4n) is 4.40. The lowest BCUT2D eigenvalue weighted by Gasteiger charge is -2.30. The first-order chi connectivity index (χ1) is 15.4. The fraction of sp³-hybridized carbons (Fsp3) is 0.640. The molecule has 32 heavy (non-hydrogen) atoms. The van der Waals surface area contributed by atoms with Gasteiger partial charge in [-0.15, -0.1) is 0 Å². The zero-order valence-corrected chi connectivity index (χ0v) is 19.9. The van der Waals surface area contributed by atoms with Crippen LogP contribution in [0.25, 0.3) is 10.9 Å². The summed E-state index contributed by atoms with van der Waals surface area (Å²) in [6.07, 6.45) is 5.04. The van der Waals surface area contributed by atoms with E-state index in [1.54, 1.807) is 7.11 Å². The molecule has 1 amide bonds. The van der Waals surface area contributed by atoms with E-state index in [4.69, 9.17) is 14.2 Å². The highest BCUT2D eigenvalue weighted by Gasteiger charge is 2.36. The molecule has 0 N–H and O–H groups in total. The third kappa shape index (κ3) is 5.38. The zero-order chi connectivity index (χ0) is 22.7. The van der Waals surface area contributed by atoms with E-state index >= 15 is 0 Å². The minimum Gasteiger partial charge on any atom is -0.444 e. The molecule has 4 rings (SSSR count). The minimum absolute atomic E-state index is 0.218. The summed E-state index contributed by atoms with van der Waals surface area (Å²) in [6.45, 7) is 11.2. The van der Waals surface area contributed by atoms with Gasteiger partial charge < -0.3 is 28.6 Å². The van der Waals surface area contributed by atoms with Crippen LogP contribution in [0, 0.1) is 0 Å². The molecule has 7 nitrogen and oxygen atoms in total. The Bertz CT molecular complexity index is 923. The maximum atomic E-state index is 13.0. The third-order valence-electron chi connectivity index (χ3n) is 6.02. The zero-order valence-electron chi connectivity index (χ0n) is 19.9. The van der Waals surface area contributed by atoms with Gasteiger partial charge in [0.15, 0.2) is 0 Å². The van der Waals surface area contributed by atoms with Crippen molar-refractivity contribution in [3.05, 3.63) is 30.0 Å². The molecule has 1 aliphatic carbocycles. The predicted molar refractivity (Wildman–Crippen MR) is 126 cm³/mol. The summed E-state index contributed by atoms with van der Waals surface area (Å²) in [5.41, 5.74) is 3.11. The number of fused-ring (bicyclic) bond motifs is 1. The molecule has 0 atom stereocenters. The molecule has 1 aromatic carbocycles. The molecule has 2 aromatic rings. The smallest absolute Gasteiger partial charge is 0.410 e. The summed E-state index contributed by atoms with van der Waals surface area (Å²) in [4.78, 5) is 17.4. The molecule has 0 bridgehead atoms. The lowest BCUT2D eigenvalue weighted by molar-refractivity contribution is 0.0217. The van der Waals surface area contributed by atoms with E-state index in [1.807, 2.05) is 25.7 Å². The van der Waals surface area contributed by atoms with Gasteiger partial charge in [0, 0.05) is 56.7 Å². The number of carbonyl (C=O) groups excluding carboxylic acids is 1. The second-order valence-electron chi connectivity index (χ2n) is 9.80. The molecule has 0 radical (unpaired) electrons. The highest BCUT2D eigenvalue weighted by atomic mass is 16.6. The number of benzene rings is 1.